The van der Waals surface area contributed by atoms with Gasteiger partial charge in [0.05, 0.1) is 12.4 Å². The van der Waals surface area contributed by atoms with E-state index in [-0.39, 0.29) is 0 Å². The van der Waals surface area contributed by atoms with Crippen LogP contribution in [0.15, 0.2) is 23.1 Å². The zero-order valence-corrected chi connectivity index (χ0v) is 5.11. The lowest BCUT2D eigenvalue weighted by molar-refractivity contribution is 0.371. The second-order valence-corrected chi connectivity index (χ2v) is 1.93. The van der Waals surface area contributed by atoms with E-state index < -0.39 is 0 Å². The lowest BCUT2D eigenvalue weighted by Gasteiger charge is -1.77. The van der Waals surface area contributed by atoms with Crippen molar-refractivity contribution in [2.45, 2.75) is 0 Å². The predicted octanol–water partition coefficient (Wildman–Crippen LogP) is 0.925. The fraction of sp³-hybridized carbons (Fsp3) is 0. The van der Waals surface area contributed by atoms with Crippen molar-refractivity contribution in [1.29, 1.82) is 5.41 Å². The number of aromatic nitrogens is 2. The molecule has 2 heterocycles. The zero-order valence-electron chi connectivity index (χ0n) is 5.11. The average Bonchev–Trinajstić information content (AvgIpc) is 2.42. The third-order valence-corrected chi connectivity index (χ3v) is 1.27. The van der Waals surface area contributed by atoms with Gasteiger partial charge in [-0.05, 0) is 0 Å². The maximum atomic E-state index is 6.86. The van der Waals surface area contributed by atoms with Crippen LogP contribution in [0.1, 0.15) is 5.76 Å². The molecule has 0 amide bonds. The Balaban J connectivity index is 2.78. The Kier molecular flexibility index (Phi) is 0.887. The third kappa shape index (κ3) is 0.556. The molecule has 0 aliphatic rings. The summed E-state index contributed by atoms with van der Waals surface area (Å²) in [7, 11) is 0. The summed E-state index contributed by atoms with van der Waals surface area (Å²) in [4.78, 5) is 3.83. The summed E-state index contributed by atoms with van der Waals surface area (Å²) < 4.78 is 6.58. The second-order valence-electron chi connectivity index (χ2n) is 1.93. The van der Waals surface area contributed by atoms with Gasteiger partial charge in [0, 0.05) is 6.07 Å². The largest absolute Gasteiger partial charge is 0.372 e. The van der Waals surface area contributed by atoms with Gasteiger partial charge < -0.3 is 9.93 Å². The molecule has 0 radical (unpaired) electrons. The zero-order chi connectivity index (χ0) is 6.97. The fourth-order valence-corrected chi connectivity index (χ4v) is 0.825. The molecule has 50 valence electrons. The first-order valence-electron chi connectivity index (χ1n) is 2.83. The molecular formula is C6H5N3O. The number of imidazole rings is 1. The lowest BCUT2D eigenvalue weighted by Crippen LogP contribution is -1.72. The summed E-state index contributed by atoms with van der Waals surface area (Å²) in [5.41, 5.74) is 0.874. The first-order chi connectivity index (χ1) is 4.90. The normalized spacial score (nSPS) is 10.4. The maximum Gasteiger partial charge on any atom is 0.175 e. The van der Waals surface area contributed by atoms with E-state index in [0.29, 0.717) is 5.76 Å². The highest BCUT2D eigenvalue weighted by Gasteiger charge is 1.98. The molecular weight excluding hydrogens is 130 g/mol. The summed E-state index contributed by atoms with van der Waals surface area (Å²) in [6.45, 7) is 0. The molecule has 4 heteroatoms. The van der Waals surface area contributed by atoms with Crippen LogP contribution in [0.5, 0.6) is 0 Å². The van der Waals surface area contributed by atoms with Crippen LogP contribution in [0.4, 0.5) is 0 Å². The SMILES string of the molecule is N=Cc1cc2cncn2o1. The van der Waals surface area contributed by atoms with Crippen LogP contribution >= 0.6 is 0 Å². The van der Waals surface area contributed by atoms with Crippen LogP contribution in [0.25, 0.3) is 5.52 Å². The molecule has 0 aromatic carbocycles. The van der Waals surface area contributed by atoms with Gasteiger partial charge >= 0.3 is 0 Å². The molecule has 0 atom stereocenters. The Morgan fingerprint density at radius 2 is 2.60 bits per heavy atom. The quantitative estimate of drug-likeness (QED) is 0.591. The van der Waals surface area contributed by atoms with Crippen molar-refractivity contribution in [3.8, 4) is 0 Å². The van der Waals surface area contributed by atoms with E-state index in [9.17, 15) is 0 Å². The van der Waals surface area contributed by atoms with Gasteiger partial charge in [0.2, 0.25) is 0 Å². The number of rotatable bonds is 1. The number of hydrogen-bond acceptors (Lipinski definition) is 3. The Hall–Kier alpha value is -1.58. The molecule has 0 aliphatic heterocycles. The average molecular weight is 135 g/mol. The van der Waals surface area contributed by atoms with E-state index in [2.05, 4.69) is 4.98 Å². The highest BCUT2D eigenvalue weighted by atomic mass is 16.5. The van der Waals surface area contributed by atoms with Crippen LogP contribution in [-0.2, 0) is 0 Å². The molecule has 0 fully saturated rings. The molecule has 0 spiro atoms. The molecule has 2 aromatic rings. The van der Waals surface area contributed by atoms with Crippen LogP contribution in [0.3, 0.4) is 0 Å². The smallest absolute Gasteiger partial charge is 0.175 e. The van der Waals surface area contributed by atoms with Crippen LogP contribution in [0.2, 0.25) is 0 Å². The first kappa shape index (κ1) is 5.22. The van der Waals surface area contributed by atoms with Crippen molar-refractivity contribution >= 4 is 11.7 Å². The fourth-order valence-electron chi connectivity index (χ4n) is 0.825. The van der Waals surface area contributed by atoms with Crippen LogP contribution < -0.4 is 0 Å². The summed E-state index contributed by atoms with van der Waals surface area (Å²) in [5, 5.41) is 6.86. The van der Waals surface area contributed by atoms with Gasteiger partial charge in [-0.15, -0.1) is 0 Å². The van der Waals surface area contributed by atoms with E-state index in [1.165, 1.54) is 4.57 Å². The van der Waals surface area contributed by atoms with E-state index >= 15 is 0 Å². The highest BCUT2D eigenvalue weighted by molar-refractivity contribution is 5.75. The van der Waals surface area contributed by atoms with Crippen molar-refractivity contribution in [2.24, 2.45) is 0 Å². The van der Waals surface area contributed by atoms with Crippen molar-refractivity contribution in [3.63, 3.8) is 0 Å². The number of nitrogens with zero attached hydrogens (tertiary/aromatic N) is 2. The monoisotopic (exact) mass is 135 g/mol. The Labute approximate surface area is 56.6 Å². The third-order valence-electron chi connectivity index (χ3n) is 1.27. The number of hydrogen-bond donors (Lipinski definition) is 1. The molecule has 0 unspecified atom stereocenters. The summed E-state index contributed by atoms with van der Waals surface area (Å²) in [6.07, 6.45) is 4.39. The van der Waals surface area contributed by atoms with Gasteiger partial charge in [0.1, 0.15) is 11.8 Å². The van der Waals surface area contributed by atoms with Gasteiger partial charge in [-0.2, -0.15) is 4.57 Å². The van der Waals surface area contributed by atoms with E-state index in [0.717, 1.165) is 11.7 Å². The van der Waals surface area contributed by atoms with Gasteiger partial charge in [-0.25, -0.2) is 4.98 Å². The summed E-state index contributed by atoms with van der Waals surface area (Å²) in [6, 6.07) is 1.75. The van der Waals surface area contributed by atoms with E-state index in [1.54, 1.807) is 18.6 Å². The standard InChI is InChI=1S/C6H5N3O/c7-2-6-1-5-3-8-4-9(5)10-6/h1-4,7H. The maximum absolute atomic E-state index is 6.86. The minimum Gasteiger partial charge on any atom is -0.372 e. The van der Waals surface area contributed by atoms with Gasteiger partial charge in [0.15, 0.2) is 5.76 Å². The molecule has 0 saturated carbocycles. The van der Waals surface area contributed by atoms with Crippen molar-refractivity contribution in [3.05, 3.63) is 24.4 Å². The molecule has 0 saturated heterocycles. The topological polar surface area (TPSA) is 54.3 Å². The second kappa shape index (κ2) is 1.70. The van der Waals surface area contributed by atoms with Crippen molar-refractivity contribution < 1.29 is 4.52 Å². The van der Waals surface area contributed by atoms with E-state index in [4.69, 9.17) is 9.93 Å². The van der Waals surface area contributed by atoms with Gasteiger partial charge in [0.25, 0.3) is 0 Å². The molecule has 2 aromatic heterocycles. The molecule has 2 rings (SSSR count). The predicted molar refractivity (Wildman–Crippen MR) is 35.3 cm³/mol. The Morgan fingerprint density at radius 1 is 1.70 bits per heavy atom. The molecule has 0 aliphatic carbocycles. The number of fused-ring (bicyclic) bond motifs is 1. The Morgan fingerprint density at radius 3 is 3.30 bits per heavy atom. The highest BCUT2D eigenvalue weighted by Crippen LogP contribution is 2.05. The lowest BCUT2D eigenvalue weighted by atomic mass is 10.4. The molecule has 0 bridgehead atoms. The van der Waals surface area contributed by atoms with Crippen LogP contribution in [0, 0.1) is 5.41 Å². The van der Waals surface area contributed by atoms with Crippen molar-refractivity contribution in [1.82, 2.24) is 9.56 Å². The van der Waals surface area contributed by atoms with E-state index in [1.807, 2.05) is 0 Å². The van der Waals surface area contributed by atoms with Gasteiger partial charge in [-0.3, -0.25) is 0 Å². The molecule has 4 nitrogen and oxygen atoms in total. The van der Waals surface area contributed by atoms with Gasteiger partial charge in [-0.1, -0.05) is 0 Å². The first-order valence-corrected chi connectivity index (χ1v) is 2.83. The Bertz CT molecular complexity index is 331. The summed E-state index contributed by atoms with van der Waals surface area (Å²) >= 11 is 0. The number of nitrogens with one attached hydrogen (secondary N) is 1. The van der Waals surface area contributed by atoms with Crippen LogP contribution in [-0.4, -0.2) is 15.8 Å². The molecule has 1 N–H and O–H groups in total. The summed E-state index contributed by atoms with van der Waals surface area (Å²) in [5.74, 6) is 0.539. The minimum absolute atomic E-state index is 0.539. The molecule has 10 heavy (non-hydrogen) atoms. The van der Waals surface area contributed by atoms with Crippen molar-refractivity contribution in [2.75, 3.05) is 0 Å². The minimum atomic E-state index is 0.539.